The zero-order chi connectivity index (χ0) is 24.9. The van der Waals surface area contributed by atoms with Gasteiger partial charge in [-0.25, -0.2) is 0 Å². The van der Waals surface area contributed by atoms with Crippen molar-refractivity contribution in [3.63, 3.8) is 0 Å². The third-order valence-electron chi connectivity index (χ3n) is 5.52. The first-order valence-electron chi connectivity index (χ1n) is 9.69. The van der Waals surface area contributed by atoms with E-state index in [1.54, 1.807) is 0 Å². The van der Waals surface area contributed by atoms with Gasteiger partial charge in [0.05, 0.1) is 11.3 Å². The van der Waals surface area contributed by atoms with Gasteiger partial charge in [0.1, 0.15) is 11.2 Å². The lowest BCUT2D eigenvalue weighted by atomic mass is 9.69. The van der Waals surface area contributed by atoms with Gasteiger partial charge in [-0.05, 0) is 34.8 Å². The van der Waals surface area contributed by atoms with Crippen LogP contribution in [-0.2, 0) is 16.4 Å². The Bertz CT molecular complexity index is 1230. The molecule has 0 bridgehead atoms. The van der Waals surface area contributed by atoms with Gasteiger partial charge in [-0.3, -0.25) is 4.79 Å². The number of carbonyl (C=O) groups excluding carboxylic acids is 1. The van der Waals surface area contributed by atoms with E-state index in [2.05, 4.69) is 10.1 Å². The van der Waals surface area contributed by atoms with Crippen LogP contribution in [0.2, 0.25) is 0 Å². The number of hydrogen-bond donors (Lipinski definition) is 3. The van der Waals surface area contributed by atoms with Gasteiger partial charge in [0.2, 0.25) is 5.91 Å². The number of hydrogen-bond acceptors (Lipinski definition) is 4. The molecule has 0 radical (unpaired) electrons. The molecule has 1 aliphatic rings. The molecule has 176 valence electrons. The van der Waals surface area contributed by atoms with Crippen LogP contribution in [0.3, 0.4) is 0 Å². The Morgan fingerprint density at radius 3 is 1.88 bits per heavy atom. The van der Waals surface area contributed by atoms with Crippen LogP contribution in [-0.4, -0.2) is 29.4 Å². The summed E-state index contributed by atoms with van der Waals surface area (Å²) in [6, 6.07) is 12.7. The van der Waals surface area contributed by atoms with Crippen molar-refractivity contribution in [2.75, 3.05) is 5.32 Å². The highest BCUT2D eigenvalue weighted by molar-refractivity contribution is 6.58. The average Bonchev–Trinajstić information content (AvgIpc) is 3.05. The van der Waals surface area contributed by atoms with E-state index >= 15 is 0 Å². The van der Waals surface area contributed by atoms with Gasteiger partial charge in [-0.1, -0.05) is 48.5 Å². The van der Waals surface area contributed by atoms with Gasteiger partial charge in [0.15, 0.2) is 0 Å². The van der Waals surface area contributed by atoms with Crippen LogP contribution < -0.4 is 15.5 Å². The minimum atomic E-state index is -4.96. The highest BCUT2D eigenvalue weighted by Gasteiger charge is 2.52. The van der Waals surface area contributed by atoms with E-state index in [0.717, 1.165) is 36.4 Å². The molecule has 3 N–H and O–H groups in total. The van der Waals surface area contributed by atoms with Crippen molar-refractivity contribution in [2.45, 2.75) is 18.0 Å². The van der Waals surface area contributed by atoms with E-state index in [-0.39, 0.29) is 22.2 Å². The molecule has 3 aromatic carbocycles. The molecule has 5 nitrogen and oxygen atoms in total. The molecule has 1 aliphatic heterocycles. The Hall–Kier alpha value is -3.51. The average molecular weight is 481 g/mol. The van der Waals surface area contributed by atoms with Crippen LogP contribution in [0, 0.1) is 0 Å². The number of carbonyl (C=O) groups is 1. The Morgan fingerprint density at radius 2 is 1.38 bits per heavy atom. The van der Waals surface area contributed by atoms with E-state index in [1.165, 1.54) is 30.3 Å². The predicted octanol–water partition coefficient (Wildman–Crippen LogP) is 3.57. The molecule has 0 fully saturated rings. The van der Waals surface area contributed by atoms with E-state index in [4.69, 9.17) is 0 Å². The number of amides is 1. The summed E-state index contributed by atoms with van der Waals surface area (Å²) in [4.78, 5) is 13.4. The maximum atomic E-state index is 13.6. The lowest BCUT2D eigenvalue weighted by Gasteiger charge is -2.29. The van der Waals surface area contributed by atoms with E-state index in [1.807, 2.05) is 0 Å². The molecule has 0 aromatic heterocycles. The highest BCUT2D eigenvalue weighted by Crippen LogP contribution is 2.51. The van der Waals surface area contributed by atoms with Crippen LogP contribution in [0.15, 0.2) is 66.7 Å². The first-order valence-corrected chi connectivity index (χ1v) is 9.69. The van der Waals surface area contributed by atoms with Crippen LogP contribution >= 0.6 is 0 Å². The molecule has 12 heteroatoms. The van der Waals surface area contributed by atoms with Crippen molar-refractivity contribution in [3.8, 4) is 5.75 Å². The molecule has 0 unspecified atom stereocenters. The minimum absolute atomic E-state index is 0.0610. The van der Waals surface area contributed by atoms with Crippen LogP contribution in [0.25, 0.3) is 0 Å². The molecule has 0 saturated carbocycles. The van der Waals surface area contributed by atoms with Gasteiger partial charge in [-0.2, -0.15) is 13.2 Å². The van der Waals surface area contributed by atoms with Gasteiger partial charge >= 0.3 is 19.7 Å². The zero-order valence-electron chi connectivity index (χ0n) is 16.9. The third-order valence-corrected chi connectivity index (χ3v) is 5.52. The lowest BCUT2D eigenvalue weighted by molar-refractivity contribution is -0.274. The monoisotopic (exact) mass is 481 g/mol. The molecule has 1 heterocycles. The number of fused-ring (bicyclic) bond motifs is 1. The summed E-state index contributed by atoms with van der Waals surface area (Å²) in [6.07, 6.45) is -9.75. The molecule has 34 heavy (non-hydrogen) atoms. The van der Waals surface area contributed by atoms with Gasteiger partial charge in [0, 0.05) is 5.56 Å². The third kappa shape index (κ3) is 3.99. The van der Waals surface area contributed by atoms with Crippen molar-refractivity contribution in [2.24, 2.45) is 0 Å². The lowest BCUT2D eigenvalue weighted by Crippen LogP contribution is -2.38. The van der Waals surface area contributed by atoms with Crippen LogP contribution in [0.5, 0.6) is 5.75 Å². The molecule has 4 rings (SSSR count). The maximum absolute atomic E-state index is 13.6. The van der Waals surface area contributed by atoms with Crippen molar-refractivity contribution < 1.29 is 45.9 Å². The normalized spacial score (nSPS) is 17.8. The number of alkyl halides is 6. The second kappa shape index (κ2) is 8.06. The summed E-state index contributed by atoms with van der Waals surface area (Å²) >= 11 is 0. The molecule has 1 atom stereocenters. The fourth-order valence-electron chi connectivity index (χ4n) is 4.12. The van der Waals surface area contributed by atoms with E-state index in [9.17, 15) is 41.2 Å². The summed E-state index contributed by atoms with van der Waals surface area (Å²) in [5.41, 5.74) is -3.18. The SMILES string of the molecule is O=C1Nc2c(C(F)(F)F)cccc2[C@@]1(c1ccc(OC(F)(F)F)cc1)c1ccc(B(O)O)cc1. The second-order valence-electron chi connectivity index (χ2n) is 7.50. The molecule has 0 saturated heterocycles. The summed E-state index contributed by atoms with van der Waals surface area (Å²) in [6.45, 7) is 0. The predicted molar refractivity (Wildman–Crippen MR) is 109 cm³/mol. The van der Waals surface area contributed by atoms with Crippen LogP contribution in [0.4, 0.5) is 32.0 Å². The first-order chi connectivity index (χ1) is 15.8. The summed E-state index contributed by atoms with van der Waals surface area (Å²) < 4.78 is 82.5. The van der Waals surface area contributed by atoms with E-state index in [0.29, 0.717) is 0 Å². The Balaban J connectivity index is 1.96. The number of halogens is 6. The molecule has 1 amide bonds. The second-order valence-corrected chi connectivity index (χ2v) is 7.50. The number of anilines is 1. The van der Waals surface area contributed by atoms with Gasteiger partial charge < -0.3 is 20.1 Å². The number of ether oxygens (including phenoxy) is 1. The quantitative estimate of drug-likeness (QED) is 0.394. The van der Waals surface area contributed by atoms with Crippen LogP contribution in [0.1, 0.15) is 22.3 Å². The minimum Gasteiger partial charge on any atom is -0.423 e. The molecule has 0 aliphatic carbocycles. The summed E-state index contributed by atoms with van der Waals surface area (Å²) in [5, 5.41) is 21.0. The van der Waals surface area contributed by atoms with Gasteiger partial charge in [0.25, 0.3) is 0 Å². The smallest absolute Gasteiger partial charge is 0.423 e. The Morgan fingerprint density at radius 1 is 0.824 bits per heavy atom. The Kier molecular flexibility index (Phi) is 5.61. The van der Waals surface area contributed by atoms with Crippen molar-refractivity contribution in [3.05, 3.63) is 89.0 Å². The van der Waals surface area contributed by atoms with Crippen molar-refractivity contribution in [1.29, 1.82) is 0 Å². The fraction of sp³-hybridized carbons (Fsp3) is 0.136. The first kappa shape index (κ1) is 23.6. The molecule has 0 spiro atoms. The van der Waals surface area contributed by atoms with E-state index < -0.39 is 48.0 Å². The standard InChI is InChI=1S/C22H14BF6NO4/c24-21(25,26)17-3-1-2-16-18(17)30-19(31)20(16,12-4-8-14(9-5-12)23(32)33)13-6-10-15(11-7-13)34-22(27,28)29/h1-11,32-33H,(H,30,31)/t20-/m0/s1. The Labute approximate surface area is 188 Å². The number of benzene rings is 3. The van der Waals surface area contributed by atoms with Gasteiger partial charge in [-0.15, -0.1) is 13.2 Å². The number of para-hydroxylation sites is 1. The summed E-state index contributed by atoms with van der Waals surface area (Å²) in [5.74, 6) is -1.44. The number of rotatable bonds is 4. The molecular weight excluding hydrogens is 467 g/mol. The molecule has 3 aromatic rings. The molecular formula is C22H14BF6NO4. The van der Waals surface area contributed by atoms with Crippen molar-refractivity contribution in [1.82, 2.24) is 0 Å². The zero-order valence-corrected chi connectivity index (χ0v) is 16.9. The fourth-order valence-corrected chi connectivity index (χ4v) is 4.12. The largest absolute Gasteiger partial charge is 0.573 e. The number of nitrogens with one attached hydrogen (secondary N) is 1. The topological polar surface area (TPSA) is 78.8 Å². The highest BCUT2D eigenvalue weighted by atomic mass is 19.4. The van der Waals surface area contributed by atoms with Crippen molar-refractivity contribution >= 4 is 24.2 Å². The maximum Gasteiger partial charge on any atom is 0.573 e. The summed E-state index contributed by atoms with van der Waals surface area (Å²) in [7, 11) is -1.83.